The zero-order chi connectivity index (χ0) is 20.1. The van der Waals surface area contributed by atoms with Crippen LogP contribution < -0.4 is 5.32 Å². The second-order valence-electron chi connectivity index (χ2n) is 7.10. The van der Waals surface area contributed by atoms with E-state index in [0.717, 1.165) is 25.9 Å². The van der Waals surface area contributed by atoms with Crippen LogP contribution in [0.2, 0.25) is 0 Å². The van der Waals surface area contributed by atoms with E-state index >= 15 is 0 Å². The van der Waals surface area contributed by atoms with Crippen molar-refractivity contribution in [1.29, 1.82) is 0 Å². The van der Waals surface area contributed by atoms with Gasteiger partial charge in [0.2, 0.25) is 0 Å². The normalized spacial score (nSPS) is 20.9. The molecule has 0 saturated carbocycles. The lowest BCUT2D eigenvalue weighted by Crippen LogP contribution is -2.51. The third-order valence-electron chi connectivity index (χ3n) is 5.25. The Hall–Kier alpha value is -2.41. The van der Waals surface area contributed by atoms with Gasteiger partial charge in [-0.1, -0.05) is 18.6 Å². The third-order valence-corrected chi connectivity index (χ3v) is 5.25. The lowest BCUT2D eigenvalue weighted by molar-refractivity contribution is -0.139. The molecule has 0 aromatic heterocycles. The first-order valence-electron chi connectivity index (χ1n) is 10.0. The van der Waals surface area contributed by atoms with Gasteiger partial charge in [0.25, 0.3) is 0 Å². The number of piperidine rings is 1. The van der Waals surface area contributed by atoms with Gasteiger partial charge in [-0.3, -0.25) is 9.80 Å². The van der Waals surface area contributed by atoms with Gasteiger partial charge in [0.1, 0.15) is 5.82 Å². The smallest absolute Gasteiger partial charge is 0.338 e. The maximum absolute atomic E-state index is 13.8. The summed E-state index contributed by atoms with van der Waals surface area (Å²) in [4.78, 5) is 29.6. The van der Waals surface area contributed by atoms with Gasteiger partial charge >= 0.3 is 12.0 Å². The second-order valence-corrected chi connectivity index (χ2v) is 7.10. The Morgan fingerprint density at radius 3 is 2.64 bits per heavy atom. The Morgan fingerprint density at radius 1 is 1.25 bits per heavy atom. The first-order valence-corrected chi connectivity index (χ1v) is 10.0. The third kappa shape index (κ3) is 4.35. The van der Waals surface area contributed by atoms with Gasteiger partial charge in [-0.15, -0.1) is 0 Å². The SMILES string of the molecule is CCOC(=O)C1=C(CN2CCCCC2)N(CC)C(=O)N[C@@H]1c1cccc(F)c1. The average Bonchev–Trinajstić information content (AvgIpc) is 2.68. The van der Waals surface area contributed by atoms with Crippen molar-refractivity contribution in [3.63, 3.8) is 0 Å². The first-order chi connectivity index (χ1) is 13.5. The summed E-state index contributed by atoms with van der Waals surface area (Å²) in [7, 11) is 0. The molecule has 1 N–H and O–H groups in total. The zero-order valence-corrected chi connectivity index (χ0v) is 16.5. The number of benzene rings is 1. The Bertz CT molecular complexity index is 759. The van der Waals surface area contributed by atoms with E-state index in [2.05, 4.69) is 10.2 Å². The molecule has 152 valence electrons. The molecular weight excluding hydrogens is 361 g/mol. The number of urea groups is 1. The summed E-state index contributed by atoms with van der Waals surface area (Å²) in [5.41, 5.74) is 1.57. The summed E-state index contributed by atoms with van der Waals surface area (Å²) in [5, 5.41) is 2.86. The quantitative estimate of drug-likeness (QED) is 0.759. The molecule has 2 heterocycles. The van der Waals surface area contributed by atoms with Gasteiger partial charge in [0.15, 0.2) is 0 Å². The van der Waals surface area contributed by atoms with E-state index in [9.17, 15) is 14.0 Å². The van der Waals surface area contributed by atoms with Crippen molar-refractivity contribution in [1.82, 2.24) is 15.1 Å². The number of carbonyl (C=O) groups excluding carboxylic acids is 2. The molecule has 1 atom stereocenters. The van der Waals surface area contributed by atoms with Gasteiger partial charge in [0, 0.05) is 18.8 Å². The van der Waals surface area contributed by atoms with E-state index in [1.54, 1.807) is 24.0 Å². The molecule has 1 fully saturated rings. The van der Waals surface area contributed by atoms with E-state index < -0.39 is 17.8 Å². The van der Waals surface area contributed by atoms with E-state index in [-0.39, 0.29) is 12.6 Å². The summed E-state index contributed by atoms with van der Waals surface area (Å²) in [5.74, 6) is -0.882. The van der Waals surface area contributed by atoms with Crippen LogP contribution in [0.3, 0.4) is 0 Å². The summed E-state index contributed by atoms with van der Waals surface area (Å²) < 4.78 is 19.2. The molecule has 0 radical (unpaired) electrons. The van der Waals surface area contributed by atoms with Gasteiger partial charge < -0.3 is 10.1 Å². The van der Waals surface area contributed by atoms with Crippen LogP contribution in [0.1, 0.15) is 44.7 Å². The molecule has 0 unspecified atom stereocenters. The fraction of sp³-hybridized carbons (Fsp3) is 0.524. The minimum Gasteiger partial charge on any atom is -0.463 e. The lowest BCUT2D eigenvalue weighted by atomic mass is 9.94. The molecule has 0 aliphatic carbocycles. The number of amides is 2. The standard InChI is InChI=1S/C21H28FN3O3/c1-3-25-17(14-24-11-6-5-7-12-24)18(20(26)28-4-2)19(23-21(25)27)15-9-8-10-16(22)13-15/h8-10,13,19H,3-7,11-12,14H2,1-2H3,(H,23,27)/t19-/m1/s1. The van der Waals surface area contributed by atoms with Crippen LogP contribution >= 0.6 is 0 Å². The Balaban J connectivity index is 2.08. The fourth-order valence-corrected chi connectivity index (χ4v) is 3.92. The molecule has 28 heavy (non-hydrogen) atoms. The number of rotatable bonds is 6. The minimum atomic E-state index is -0.732. The van der Waals surface area contributed by atoms with Crippen LogP contribution in [0.5, 0.6) is 0 Å². The lowest BCUT2D eigenvalue weighted by Gasteiger charge is -2.38. The van der Waals surface area contributed by atoms with Gasteiger partial charge in [0.05, 0.1) is 18.2 Å². The molecule has 3 rings (SSSR count). The van der Waals surface area contributed by atoms with Crippen molar-refractivity contribution < 1.29 is 18.7 Å². The van der Waals surface area contributed by atoms with Crippen molar-refractivity contribution >= 4 is 12.0 Å². The van der Waals surface area contributed by atoms with Crippen molar-refractivity contribution in [2.75, 3.05) is 32.8 Å². The summed E-state index contributed by atoms with van der Waals surface area (Å²) >= 11 is 0. The van der Waals surface area contributed by atoms with Gasteiger partial charge in [-0.25, -0.2) is 14.0 Å². The number of nitrogens with zero attached hydrogens (tertiary/aromatic N) is 2. The van der Waals surface area contributed by atoms with Crippen LogP contribution in [0.25, 0.3) is 0 Å². The van der Waals surface area contributed by atoms with Crippen molar-refractivity contribution in [3.05, 3.63) is 46.9 Å². The first kappa shape index (κ1) is 20.3. The predicted molar refractivity (Wildman–Crippen MR) is 104 cm³/mol. The number of likely N-dealkylation sites (N-methyl/N-ethyl adjacent to an activating group) is 1. The predicted octanol–water partition coefficient (Wildman–Crippen LogP) is 3.22. The highest BCUT2D eigenvalue weighted by Gasteiger charge is 2.38. The van der Waals surface area contributed by atoms with Crippen LogP contribution in [0.4, 0.5) is 9.18 Å². The summed E-state index contributed by atoms with van der Waals surface area (Å²) in [6.45, 7) is 6.66. The number of likely N-dealkylation sites (tertiary alicyclic amines) is 1. The molecule has 0 spiro atoms. The largest absolute Gasteiger partial charge is 0.463 e. The zero-order valence-electron chi connectivity index (χ0n) is 16.5. The van der Waals surface area contributed by atoms with E-state index in [1.807, 2.05) is 6.92 Å². The molecule has 7 heteroatoms. The number of halogens is 1. The van der Waals surface area contributed by atoms with Crippen LogP contribution in [0, 0.1) is 5.82 Å². The van der Waals surface area contributed by atoms with Crippen LogP contribution in [0.15, 0.2) is 35.5 Å². The van der Waals surface area contributed by atoms with E-state index in [0.29, 0.717) is 29.9 Å². The van der Waals surface area contributed by atoms with Crippen molar-refractivity contribution in [3.8, 4) is 0 Å². The maximum Gasteiger partial charge on any atom is 0.338 e. The maximum atomic E-state index is 13.8. The molecule has 1 saturated heterocycles. The van der Waals surface area contributed by atoms with Gasteiger partial charge in [-0.05, 0) is 57.5 Å². The number of esters is 1. The number of nitrogens with one attached hydrogen (secondary N) is 1. The highest BCUT2D eigenvalue weighted by molar-refractivity contribution is 5.95. The summed E-state index contributed by atoms with van der Waals surface area (Å²) in [6, 6.07) is 4.98. The molecule has 2 amide bonds. The van der Waals surface area contributed by atoms with Crippen molar-refractivity contribution in [2.45, 2.75) is 39.2 Å². The van der Waals surface area contributed by atoms with E-state index in [4.69, 9.17) is 4.74 Å². The molecular formula is C21H28FN3O3. The van der Waals surface area contributed by atoms with E-state index in [1.165, 1.54) is 18.6 Å². The van der Waals surface area contributed by atoms with Crippen molar-refractivity contribution in [2.24, 2.45) is 0 Å². The molecule has 2 aliphatic rings. The number of hydrogen-bond donors (Lipinski definition) is 1. The molecule has 1 aromatic rings. The second kappa shape index (κ2) is 9.19. The number of ether oxygens (including phenoxy) is 1. The van der Waals surface area contributed by atoms with Crippen LogP contribution in [-0.4, -0.2) is 54.6 Å². The van der Waals surface area contributed by atoms with Gasteiger partial charge in [-0.2, -0.15) is 0 Å². The highest BCUT2D eigenvalue weighted by atomic mass is 19.1. The minimum absolute atomic E-state index is 0.231. The van der Waals surface area contributed by atoms with Crippen LogP contribution in [-0.2, 0) is 9.53 Å². The Labute approximate surface area is 165 Å². The molecule has 2 aliphatic heterocycles. The Kier molecular flexibility index (Phi) is 6.67. The number of carbonyl (C=O) groups is 2. The molecule has 6 nitrogen and oxygen atoms in total. The molecule has 0 bridgehead atoms. The molecule has 1 aromatic carbocycles. The average molecular weight is 389 g/mol. The fourth-order valence-electron chi connectivity index (χ4n) is 3.92. The summed E-state index contributed by atoms with van der Waals surface area (Å²) in [6.07, 6.45) is 3.41. The monoisotopic (exact) mass is 389 g/mol. The number of hydrogen-bond acceptors (Lipinski definition) is 4. The highest BCUT2D eigenvalue weighted by Crippen LogP contribution is 2.32. The Morgan fingerprint density at radius 2 is 2.00 bits per heavy atom. The topological polar surface area (TPSA) is 61.9 Å².